The van der Waals surface area contributed by atoms with E-state index in [4.69, 9.17) is 4.74 Å². The van der Waals surface area contributed by atoms with Gasteiger partial charge in [0, 0.05) is 6.07 Å². The Morgan fingerprint density at radius 3 is 2.50 bits per heavy atom. The lowest BCUT2D eigenvalue weighted by Crippen LogP contribution is -1.88. The van der Waals surface area contributed by atoms with Gasteiger partial charge in [0.15, 0.2) is 0 Å². The zero-order valence-electron chi connectivity index (χ0n) is 9.87. The van der Waals surface area contributed by atoms with Gasteiger partial charge in [-0.3, -0.25) is 0 Å². The summed E-state index contributed by atoms with van der Waals surface area (Å²) in [6, 6.07) is 15.5. The fraction of sp³-hybridized carbons (Fsp3) is 0.200. The lowest BCUT2D eigenvalue weighted by Gasteiger charge is -2.09. The summed E-state index contributed by atoms with van der Waals surface area (Å²) in [5.41, 5.74) is 4.90. The van der Waals surface area contributed by atoms with E-state index >= 15 is 0 Å². The Labute approximate surface area is 96.7 Å². The lowest BCUT2D eigenvalue weighted by molar-refractivity contribution is 0.414. The number of methoxy groups -OCH3 is 1. The molecule has 0 aliphatic rings. The van der Waals surface area contributed by atoms with Crippen molar-refractivity contribution in [2.75, 3.05) is 7.11 Å². The molecule has 2 rings (SSSR count). The smallest absolute Gasteiger partial charge is 0.127 e. The van der Waals surface area contributed by atoms with Gasteiger partial charge in [-0.15, -0.1) is 0 Å². The number of aryl methyl sites for hydroxylation is 1. The van der Waals surface area contributed by atoms with Crippen molar-refractivity contribution in [1.29, 1.82) is 0 Å². The highest BCUT2D eigenvalue weighted by atomic mass is 16.5. The van der Waals surface area contributed by atoms with Gasteiger partial charge in [-0.2, -0.15) is 0 Å². The molecule has 0 aliphatic heterocycles. The Bertz CT molecular complexity index is 501. The van der Waals surface area contributed by atoms with E-state index in [0.717, 1.165) is 11.3 Å². The normalized spacial score (nSPS) is 10.2. The highest BCUT2D eigenvalue weighted by Gasteiger charge is 2.04. The first-order chi connectivity index (χ1) is 7.72. The van der Waals surface area contributed by atoms with E-state index in [-0.39, 0.29) is 0 Å². The molecule has 81 valence electrons. The fourth-order valence-corrected chi connectivity index (χ4v) is 1.77. The van der Waals surface area contributed by atoms with Gasteiger partial charge in [0.25, 0.3) is 0 Å². The van der Waals surface area contributed by atoms with Crippen LogP contribution in [0.15, 0.2) is 36.4 Å². The Morgan fingerprint density at radius 2 is 1.75 bits per heavy atom. The predicted octanol–water partition coefficient (Wildman–Crippen LogP) is 3.78. The van der Waals surface area contributed by atoms with E-state index in [1.54, 1.807) is 7.11 Å². The van der Waals surface area contributed by atoms with Crippen LogP contribution < -0.4 is 4.74 Å². The molecule has 2 aromatic rings. The SMILES string of the molecule is COc1[c]c(-c2cccc(C)c2C)ccc1. The summed E-state index contributed by atoms with van der Waals surface area (Å²) in [6.07, 6.45) is 0. The Hall–Kier alpha value is -1.76. The van der Waals surface area contributed by atoms with Crippen LogP contribution in [-0.4, -0.2) is 7.11 Å². The van der Waals surface area contributed by atoms with E-state index in [1.807, 2.05) is 12.1 Å². The zero-order chi connectivity index (χ0) is 11.5. The minimum absolute atomic E-state index is 0.776. The van der Waals surface area contributed by atoms with Gasteiger partial charge in [0.2, 0.25) is 0 Å². The standard InChI is InChI=1S/C15H15O/c1-11-6-4-9-15(12(11)2)13-7-5-8-14(10-13)16-3/h4-9H,1-3H3. The molecule has 0 spiro atoms. The molecule has 0 fully saturated rings. The van der Waals surface area contributed by atoms with Crippen LogP contribution in [0.3, 0.4) is 0 Å². The molecule has 0 atom stereocenters. The van der Waals surface area contributed by atoms with Crippen molar-refractivity contribution in [3.05, 3.63) is 53.6 Å². The third-order valence-electron chi connectivity index (χ3n) is 2.88. The fourth-order valence-electron chi connectivity index (χ4n) is 1.77. The van der Waals surface area contributed by atoms with Crippen LogP contribution in [-0.2, 0) is 0 Å². The topological polar surface area (TPSA) is 9.23 Å². The summed E-state index contributed by atoms with van der Waals surface area (Å²) >= 11 is 0. The molecule has 0 aliphatic carbocycles. The van der Waals surface area contributed by atoms with Crippen LogP contribution in [0.5, 0.6) is 5.75 Å². The first kappa shape index (κ1) is 10.7. The van der Waals surface area contributed by atoms with Gasteiger partial charge in [-0.05, 0) is 42.2 Å². The first-order valence-electron chi connectivity index (χ1n) is 5.35. The summed E-state index contributed by atoms with van der Waals surface area (Å²) in [5.74, 6) is 0.776. The van der Waals surface area contributed by atoms with E-state index in [9.17, 15) is 0 Å². The first-order valence-corrected chi connectivity index (χ1v) is 5.35. The Morgan fingerprint density at radius 1 is 1.00 bits per heavy atom. The van der Waals surface area contributed by atoms with Crippen LogP contribution in [0.1, 0.15) is 11.1 Å². The van der Waals surface area contributed by atoms with Gasteiger partial charge < -0.3 is 4.74 Å². The molecule has 1 nitrogen and oxygen atoms in total. The van der Waals surface area contributed by atoms with Crippen LogP contribution in [0.4, 0.5) is 0 Å². The summed E-state index contributed by atoms with van der Waals surface area (Å²) in [5, 5.41) is 0. The monoisotopic (exact) mass is 211 g/mol. The van der Waals surface area contributed by atoms with E-state index < -0.39 is 0 Å². The highest BCUT2D eigenvalue weighted by molar-refractivity contribution is 5.68. The van der Waals surface area contributed by atoms with Gasteiger partial charge in [0.1, 0.15) is 5.75 Å². The summed E-state index contributed by atoms with van der Waals surface area (Å²) in [4.78, 5) is 0. The van der Waals surface area contributed by atoms with Gasteiger partial charge in [-0.1, -0.05) is 30.3 Å². The van der Waals surface area contributed by atoms with Gasteiger partial charge >= 0.3 is 0 Å². The van der Waals surface area contributed by atoms with Crippen molar-refractivity contribution < 1.29 is 4.74 Å². The molecule has 16 heavy (non-hydrogen) atoms. The minimum Gasteiger partial charge on any atom is -0.496 e. The maximum Gasteiger partial charge on any atom is 0.127 e. The average Bonchev–Trinajstić information content (AvgIpc) is 2.33. The van der Waals surface area contributed by atoms with E-state index in [0.29, 0.717) is 0 Å². The Balaban J connectivity index is 2.54. The zero-order valence-corrected chi connectivity index (χ0v) is 9.87. The molecule has 0 amide bonds. The second-order valence-electron chi connectivity index (χ2n) is 3.88. The van der Waals surface area contributed by atoms with Crippen LogP contribution in [0, 0.1) is 19.9 Å². The molecule has 0 heterocycles. The summed E-state index contributed by atoms with van der Waals surface area (Å²) in [7, 11) is 1.67. The van der Waals surface area contributed by atoms with E-state index in [2.05, 4.69) is 44.2 Å². The third-order valence-corrected chi connectivity index (χ3v) is 2.88. The number of hydrogen-bond acceptors (Lipinski definition) is 1. The number of ether oxygens (including phenoxy) is 1. The van der Waals surface area contributed by atoms with Crippen molar-refractivity contribution in [2.45, 2.75) is 13.8 Å². The van der Waals surface area contributed by atoms with Crippen LogP contribution >= 0.6 is 0 Å². The minimum atomic E-state index is 0.776. The van der Waals surface area contributed by atoms with E-state index in [1.165, 1.54) is 16.7 Å². The molecular formula is C15H15O. The second-order valence-corrected chi connectivity index (χ2v) is 3.88. The summed E-state index contributed by atoms with van der Waals surface area (Å²) < 4.78 is 5.19. The van der Waals surface area contributed by atoms with Crippen molar-refractivity contribution in [3.63, 3.8) is 0 Å². The molecule has 1 heteroatoms. The third kappa shape index (κ3) is 1.94. The van der Waals surface area contributed by atoms with Crippen LogP contribution in [0.25, 0.3) is 11.1 Å². The molecule has 1 radical (unpaired) electrons. The number of rotatable bonds is 2. The molecule has 0 N–H and O–H groups in total. The number of hydrogen-bond donors (Lipinski definition) is 0. The largest absolute Gasteiger partial charge is 0.496 e. The molecule has 0 saturated heterocycles. The summed E-state index contributed by atoms with van der Waals surface area (Å²) in [6.45, 7) is 4.26. The van der Waals surface area contributed by atoms with Crippen molar-refractivity contribution in [1.82, 2.24) is 0 Å². The molecule has 2 aromatic carbocycles. The predicted molar refractivity (Wildman–Crippen MR) is 66.7 cm³/mol. The van der Waals surface area contributed by atoms with Crippen molar-refractivity contribution >= 4 is 0 Å². The average molecular weight is 211 g/mol. The maximum atomic E-state index is 5.19. The van der Waals surface area contributed by atoms with Crippen LogP contribution in [0.2, 0.25) is 0 Å². The maximum absolute atomic E-state index is 5.19. The van der Waals surface area contributed by atoms with Gasteiger partial charge in [-0.25, -0.2) is 0 Å². The molecule has 0 saturated carbocycles. The molecule has 0 bridgehead atoms. The molecule has 0 aromatic heterocycles. The van der Waals surface area contributed by atoms with Crippen molar-refractivity contribution in [2.24, 2.45) is 0 Å². The highest BCUT2D eigenvalue weighted by Crippen LogP contribution is 2.27. The Kier molecular flexibility index (Phi) is 2.95. The number of benzene rings is 2. The molecular weight excluding hydrogens is 196 g/mol. The second kappa shape index (κ2) is 4.40. The molecule has 0 unspecified atom stereocenters. The quantitative estimate of drug-likeness (QED) is 0.734. The van der Waals surface area contributed by atoms with Gasteiger partial charge in [0.05, 0.1) is 7.11 Å². The van der Waals surface area contributed by atoms with Crippen molar-refractivity contribution in [3.8, 4) is 16.9 Å². The lowest BCUT2D eigenvalue weighted by atomic mass is 9.97.